The number of nitrogens with zero attached hydrogens (tertiary/aromatic N) is 2. The first-order valence-electron chi connectivity index (χ1n) is 13.3. The number of benzene rings is 2. The Morgan fingerprint density at radius 3 is 2.58 bits per heavy atom. The molecule has 1 fully saturated rings. The number of rotatable bonds is 13. The summed E-state index contributed by atoms with van der Waals surface area (Å²) in [7, 11) is -2.21. The molecule has 2 aliphatic heterocycles. The van der Waals surface area contributed by atoms with E-state index in [-0.39, 0.29) is 43.2 Å². The number of alkyl halides is 1. The monoisotopic (exact) mass is 598 g/mol. The molecule has 0 aliphatic carbocycles. The first kappa shape index (κ1) is 30.4. The second-order valence-corrected chi connectivity index (χ2v) is 13.0. The number of carboxylic acids is 1. The SMILES string of the molecule is COc1ccc([C@H]2[C@H](C(=O)O)[C@@H](c3ccc4c(c3)OCO4)CN2CCN(CC(C)C)S(=O)(=O)CCCCl)cc1F. The molecule has 4 rings (SSSR count). The molecule has 1 N–H and O–H groups in total. The highest BCUT2D eigenvalue weighted by molar-refractivity contribution is 7.89. The molecule has 0 aromatic heterocycles. The van der Waals surface area contributed by atoms with Crippen molar-refractivity contribution in [2.24, 2.45) is 11.8 Å². The zero-order valence-corrected chi connectivity index (χ0v) is 24.5. The minimum atomic E-state index is -3.57. The molecule has 1 saturated heterocycles. The summed E-state index contributed by atoms with van der Waals surface area (Å²) in [6, 6.07) is 9.12. The summed E-state index contributed by atoms with van der Waals surface area (Å²) < 4.78 is 58.6. The highest BCUT2D eigenvalue weighted by atomic mass is 35.5. The highest BCUT2D eigenvalue weighted by Gasteiger charge is 2.48. The third-order valence-corrected chi connectivity index (χ3v) is 9.55. The summed E-state index contributed by atoms with van der Waals surface area (Å²) in [6.45, 7) is 5.06. The second-order valence-electron chi connectivity index (χ2n) is 10.5. The zero-order chi connectivity index (χ0) is 29.0. The van der Waals surface area contributed by atoms with Crippen molar-refractivity contribution in [3.8, 4) is 17.2 Å². The first-order valence-corrected chi connectivity index (χ1v) is 15.4. The number of methoxy groups -OCH3 is 1. The van der Waals surface area contributed by atoms with Gasteiger partial charge in [0, 0.05) is 44.0 Å². The number of carboxylic acid groups (broad SMARTS) is 1. The number of likely N-dealkylation sites (tertiary alicyclic amines) is 1. The van der Waals surface area contributed by atoms with E-state index >= 15 is 0 Å². The highest BCUT2D eigenvalue weighted by Crippen LogP contribution is 2.48. The molecule has 0 radical (unpaired) electrons. The lowest BCUT2D eigenvalue weighted by Gasteiger charge is -2.30. The number of aliphatic carboxylic acids is 1. The maximum Gasteiger partial charge on any atom is 0.309 e. The van der Waals surface area contributed by atoms with Gasteiger partial charge in [0.25, 0.3) is 0 Å². The van der Waals surface area contributed by atoms with Gasteiger partial charge in [-0.3, -0.25) is 9.69 Å². The molecule has 220 valence electrons. The fourth-order valence-electron chi connectivity index (χ4n) is 5.56. The van der Waals surface area contributed by atoms with Crippen molar-refractivity contribution < 1.29 is 36.9 Å². The lowest BCUT2D eigenvalue weighted by Crippen LogP contribution is -2.42. The van der Waals surface area contributed by atoms with E-state index in [1.807, 2.05) is 24.8 Å². The van der Waals surface area contributed by atoms with Crippen LogP contribution in [0.3, 0.4) is 0 Å². The van der Waals surface area contributed by atoms with E-state index in [2.05, 4.69) is 0 Å². The average Bonchev–Trinajstić information content (AvgIpc) is 3.54. The van der Waals surface area contributed by atoms with Crippen LogP contribution in [0.4, 0.5) is 4.39 Å². The Morgan fingerprint density at radius 2 is 1.93 bits per heavy atom. The van der Waals surface area contributed by atoms with E-state index in [0.29, 0.717) is 36.6 Å². The van der Waals surface area contributed by atoms with Gasteiger partial charge in [-0.2, -0.15) is 0 Å². The molecule has 0 saturated carbocycles. The van der Waals surface area contributed by atoms with Crippen LogP contribution in [-0.2, 0) is 14.8 Å². The normalized spacial score (nSPS) is 20.9. The number of hydrogen-bond acceptors (Lipinski definition) is 7. The molecule has 2 heterocycles. The molecule has 3 atom stereocenters. The fraction of sp³-hybridized carbons (Fsp3) is 0.536. The molecule has 0 bridgehead atoms. The molecule has 0 amide bonds. The van der Waals surface area contributed by atoms with Gasteiger partial charge in [-0.15, -0.1) is 11.6 Å². The van der Waals surface area contributed by atoms with Crippen LogP contribution in [0.25, 0.3) is 0 Å². The first-order chi connectivity index (χ1) is 19.1. The summed E-state index contributed by atoms with van der Waals surface area (Å²) in [5.41, 5.74) is 1.24. The summed E-state index contributed by atoms with van der Waals surface area (Å²) in [5, 5.41) is 10.5. The van der Waals surface area contributed by atoms with Gasteiger partial charge in [0.2, 0.25) is 16.8 Å². The zero-order valence-electron chi connectivity index (χ0n) is 22.9. The number of hydrogen-bond donors (Lipinski definition) is 1. The van der Waals surface area contributed by atoms with Gasteiger partial charge in [-0.1, -0.05) is 26.0 Å². The predicted molar refractivity (Wildman–Crippen MR) is 149 cm³/mol. The molecule has 12 heteroatoms. The summed E-state index contributed by atoms with van der Waals surface area (Å²) in [6.07, 6.45) is 0.337. The molecular weight excluding hydrogens is 563 g/mol. The van der Waals surface area contributed by atoms with E-state index in [1.54, 1.807) is 18.2 Å². The van der Waals surface area contributed by atoms with Gasteiger partial charge < -0.3 is 19.3 Å². The largest absolute Gasteiger partial charge is 0.494 e. The Kier molecular flexibility index (Phi) is 9.81. The lowest BCUT2D eigenvalue weighted by molar-refractivity contribution is -0.143. The average molecular weight is 599 g/mol. The molecule has 0 spiro atoms. The van der Waals surface area contributed by atoms with E-state index in [0.717, 1.165) is 5.56 Å². The number of carbonyl (C=O) groups is 1. The Balaban J connectivity index is 1.70. The van der Waals surface area contributed by atoms with Crippen molar-refractivity contribution in [2.45, 2.75) is 32.2 Å². The van der Waals surface area contributed by atoms with Crippen LogP contribution in [0.5, 0.6) is 17.2 Å². The van der Waals surface area contributed by atoms with Crippen molar-refractivity contribution in [2.75, 3.05) is 51.7 Å². The number of fused-ring (bicyclic) bond motifs is 1. The number of halogens is 2. The van der Waals surface area contributed by atoms with Gasteiger partial charge in [0.1, 0.15) is 0 Å². The number of ether oxygens (including phenoxy) is 3. The summed E-state index contributed by atoms with van der Waals surface area (Å²) >= 11 is 5.77. The third-order valence-electron chi connectivity index (χ3n) is 7.36. The molecular formula is C28H36ClFN2O7S. The van der Waals surface area contributed by atoms with Crippen molar-refractivity contribution in [3.05, 3.63) is 53.3 Å². The van der Waals surface area contributed by atoms with Crippen LogP contribution < -0.4 is 14.2 Å². The van der Waals surface area contributed by atoms with Crippen LogP contribution in [0.1, 0.15) is 43.4 Å². The molecule has 9 nitrogen and oxygen atoms in total. The topological polar surface area (TPSA) is 106 Å². The quantitative estimate of drug-likeness (QED) is 0.340. The van der Waals surface area contributed by atoms with E-state index in [9.17, 15) is 22.7 Å². The smallest absolute Gasteiger partial charge is 0.309 e. The van der Waals surface area contributed by atoms with Gasteiger partial charge in [-0.25, -0.2) is 17.1 Å². The minimum absolute atomic E-state index is 0.0565. The van der Waals surface area contributed by atoms with Crippen LogP contribution in [0, 0.1) is 17.7 Å². The lowest BCUT2D eigenvalue weighted by atomic mass is 9.82. The minimum Gasteiger partial charge on any atom is -0.494 e. The van der Waals surface area contributed by atoms with Gasteiger partial charge in [-0.05, 0) is 47.7 Å². The van der Waals surface area contributed by atoms with Gasteiger partial charge >= 0.3 is 5.97 Å². The maximum absolute atomic E-state index is 14.8. The molecule has 2 aliphatic rings. The molecule has 0 unspecified atom stereocenters. The Bertz CT molecular complexity index is 1310. The van der Waals surface area contributed by atoms with Crippen molar-refractivity contribution in [1.29, 1.82) is 0 Å². The maximum atomic E-state index is 14.8. The van der Waals surface area contributed by atoms with Crippen molar-refractivity contribution in [1.82, 2.24) is 9.21 Å². The van der Waals surface area contributed by atoms with Crippen molar-refractivity contribution >= 4 is 27.6 Å². The van der Waals surface area contributed by atoms with Crippen LogP contribution >= 0.6 is 11.6 Å². The summed E-state index contributed by atoms with van der Waals surface area (Å²) in [4.78, 5) is 14.7. The van der Waals surface area contributed by atoms with Crippen molar-refractivity contribution in [3.63, 3.8) is 0 Å². The van der Waals surface area contributed by atoms with E-state index in [4.69, 9.17) is 25.8 Å². The second kappa shape index (κ2) is 12.9. The Hall–Kier alpha value is -2.60. The standard InChI is InChI=1S/C28H36ClFN2O7S/c1-18(2)15-32(40(35,36)12-4-9-29)11-10-31-16-21(19-5-8-24-25(14-19)39-17-38-24)26(28(33)34)27(31)20-6-7-23(37-3)22(30)13-20/h5-8,13-14,18,21,26-27H,4,9-12,15-17H2,1-3H3,(H,33,34)/t21-,26-,27+/m1/s1. The van der Waals surface area contributed by atoms with Gasteiger partial charge in [0.15, 0.2) is 23.1 Å². The van der Waals surface area contributed by atoms with E-state index in [1.165, 1.54) is 23.5 Å². The molecule has 40 heavy (non-hydrogen) atoms. The van der Waals surface area contributed by atoms with E-state index < -0.39 is 39.7 Å². The molecule has 2 aromatic rings. The number of sulfonamides is 1. The Labute approximate surface area is 239 Å². The molecule has 2 aromatic carbocycles. The Morgan fingerprint density at radius 1 is 1.20 bits per heavy atom. The van der Waals surface area contributed by atoms with Gasteiger partial charge in [0.05, 0.1) is 18.8 Å². The van der Waals surface area contributed by atoms with Crippen LogP contribution in [0.15, 0.2) is 36.4 Å². The summed E-state index contributed by atoms with van der Waals surface area (Å²) in [5.74, 6) is -1.57. The van der Waals surface area contributed by atoms with Crippen LogP contribution in [-0.4, -0.2) is 80.4 Å². The van der Waals surface area contributed by atoms with Crippen LogP contribution in [0.2, 0.25) is 0 Å². The fourth-order valence-corrected chi connectivity index (χ4v) is 7.51. The third kappa shape index (κ3) is 6.64. The predicted octanol–water partition coefficient (Wildman–Crippen LogP) is 4.32.